The smallest absolute Gasteiger partial charge is 0.307 e. The van der Waals surface area contributed by atoms with Gasteiger partial charge in [0.25, 0.3) is 5.69 Å². The number of carboxylic acids is 1. The van der Waals surface area contributed by atoms with Crippen LogP contribution in [-0.2, 0) is 9.59 Å². The molecule has 0 radical (unpaired) electrons. The van der Waals surface area contributed by atoms with E-state index in [1.807, 2.05) is 0 Å². The van der Waals surface area contributed by atoms with Crippen molar-refractivity contribution in [2.24, 2.45) is 11.8 Å². The summed E-state index contributed by atoms with van der Waals surface area (Å²) >= 11 is 0. The summed E-state index contributed by atoms with van der Waals surface area (Å²) in [5.74, 6) is -2.48. The number of nitro benzene ring substituents is 1. The summed E-state index contributed by atoms with van der Waals surface area (Å²) in [6.07, 6.45) is 1.78. The SMILES string of the molecule is O=C(O)C1CCCC1C(=O)Nc1ccc([N+](=O)[O-])cc1. The van der Waals surface area contributed by atoms with Crippen molar-refractivity contribution in [2.45, 2.75) is 19.3 Å². The summed E-state index contributed by atoms with van der Waals surface area (Å²) in [5.41, 5.74) is 0.365. The summed E-state index contributed by atoms with van der Waals surface area (Å²) in [6, 6.07) is 5.44. The molecule has 1 aliphatic rings. The first-order chi connectivity index (χ1) is 9.49. The molecule has 7 heteroatoms. The summed E-state index contributed by atoms with van der Waals surface area (Å²) in [6.45, 7) is 0. The van der Waals surface area contributed by atoms with E-state index in [1.165, 1.54) is 24.3 Å². The Bertz CT molecular complexity index is 540. The first kappa shape index (κ1) is 14.0. The zero-order valence-electron chi connectivity index (χ0n) is 10.6. The first-order valence-electron chi connectivity index (χ1n) is 6.27. The Morgan fingerprint density at radius 2 is 1.80 bits per heavy atom. The summed E-state index contributed by atoms with van der Waals surface area (Å²) in [5, 5.41) is 22.2. The highest BCUT2D eigenvalue weighted by atomic mass is 16.6. The van der Waals surface area contributed by atoms with Crippen molar-refractivity contribution in [1.29, 1.82) is 0 Å². The second kappa shape index (κ2) is 5.68. The normalized spacial score (nSPS) is 21.4. The fourth-order valence-electron chi connectivity index (χ4n) is 2.47. The van der Waals surface area contributed by atoms with Gasteiger partial charge in [0.05, 0.1) is 16.8 Å². The summed E-state index contributed by atoms with van der Waals surface area (Å²) in [7, 11) is 0. The number of carbonyl (C=O) groups excluding carboxylic acids is 1. The second-order valence-electron chi connectivity index (χ2n) is 4.78. The van der Waals surface area contributed by atoms with E-state index >= 15 is 0 Å². The van der Waals surface area contributed by atoms with Gasteiger partial charge in [0.15, 0.2) is 0 Å². The molecule has 2 unspecified atom stereocenters. The van der Waals surface area contributed by atoms with E-state index in [2.05, 4.69) is 5.32 Å². The molecular formula is C13H14N2O5. The van der Waals surface area contributed by atoms with Gasteiger partial charge in [-0.25, -0.2) is 0 Å². The lowest BCUT2D eigenvalue weighted by atomic mass is 9.95. The van der Waals surface area contributed by atoms with E-state index in [0.29, 0.717) is 18.5 Å². The van der Waals surface area contributed by atoms with Crippen molar-refractivity contribution in [2.75, 3.05) is 5.32 Å². The van der Waals surface area contributed by atoms with Crippen LogP contribution < -0.4 is 5.32 Å². The molecule has 20 heavy (non-hydrogen) atoms. The van der Waals surface area contributed by atoms with E-state index in [4.69, 9.17) is 5.11 Å². The number of nitrogens with one attached hydrogen (secondary N) is 1. The van der Waals surface area contributed by atoms with Gasteiger partial charge >= 0.3 is 5.97 Å². The average molecular weight is 278 g/mol. The van der Waals surface area contributed by atoms with Gasteiger partial charge in [0, 0.05) is 17.8 Å². The molecule has 1 amide bonds. The zero-order chi connectivity index (χ0) is 14.7. The van der Waals surface area contributed by atoms with Gasteiger partial charge in [-0.3, -0.25) is 19.7 Å². The number of hydrogen-bond acceptors (Lipinski definition) is 4. The Kier molecular flexibility index (Phi) is 3.97. The van der Waals surface area contributed by atoms with Gasteiger partial charge in [-0.15, -0.1) is 0 Å². The number of carboxylic acid groups (broad SMARTS) is 1. The summed E-state index contributed by atoms with van der Waals surface area (Å²) in [4.78, 5) is 33.1. The number of anilines is 1. The molecule has 0 heterocycles. The molecule has 0 saturated heterocycles. The number of nitro groups is 1. The largest absolute Gasteiger partial charge is 0.481 e. The van der Waals surface area contributed by atoms with Crippen LogP contribution in [0.15, 0.2) is 24.3 Å². The molecule has 2 rings (SSSR count). The lowest BCUT2D eigenvalue weighted by molar-refractivity contribution is -0.384. The lowest BCUT2D eigenvalue weighted by Gasteiger charge is -2.15. The molecule has 1 aromatic rings. The van der Waals surface area contributed by atoms with Crippen LogP contribution in [0.4, 0.5) is 11.4 Å². The van der Waals surface area contributed by atoms with E-state index in [9.17, 15) is 19.7 Å². The Morgan fingerprint density at radius 3 is 2.35 bits per heavy atom. The maximum Gasteiger partial charge on any atom is 0.307 e. The lowest BCUT2D eigenvalue weighted by Crippen LogP contribution is -2.29. The predicted octanol–water partition coefficient (Wildman–Crippen LogP) is 2.03. The molecule has 106 valence electrons. The van der Waals surface area contributed by atoms with Crippen LogP contribution in [-0.4, -0.2) is 21.9 Å². The number of benzene rings is 1. The van der Waals surface area contributed by atoms with E-state index < -0.39 is 22.7 Å². The van der Waals surface area contributed by atoms with Gasteiger partial charge < -0.3 is 10.4 Å². The summed E-state index contributed by atoms with van der Waals surface area (Å²) < 4.78 is 0. The Balaban J connectivity index is 2.04. The van der Waals surface area contributed by atoms with Crippen molar-refractivity contribution in [3.05, 3.63) is 34.4 Å². The fourth-order valence-corrected chi connectivity index (χ4v) is 2.47. The number of nitrogens with zero attached hydrogens (tertiary/aromatic N) is 1. The average Bonchev–Trinajstić information content (AvgIpc) is 2.88. The molecule has 0 bridgehead atoms. The van der Waals surface area contributed by atoms with Crippen LogP contribution in [0.3, 0.4) is 0 Å². The molecule has 1 saturated carbocycles. The van der Waals surface area contributed by atoms with Crippen molar-refractivity contribution >= 4 is 23.3 Å². The van der Waals surface area contributed by atoms with Crippen LogP contribution in [0.2, 0.25) is 0 Å². The molecule has 2 N–H and O–H groups in total. The van der Waals surface area contributed by atoms with Crippen molar-refractivity contribution in [3.8, 4) is 0 Å². The fraction of sp³-hybridized carbons (Fsp3) is 0.385. The van der Waals surface area contributed by atoms with E-state index in [1.54, 1.807) is 0 Å². The van der Waals surface area contributed by atoms with Crippen molar-refractivity contribution < 1.29 is 19.6 Å². The molecule has 0 spiro atoms. The maximum absolute atomic E-state index is 12.0. The van der Waals surface area contributed by atoms with Crippen LogP contribution in [0.5, 0.6) is 0 Å². The molecule has 2 atom stereocenters. The molecule has 0 aliphatic heterocycles. The Hall–Kier alpha value is -2.44. The predicted molar refractivity (Wildman–Crippen MR) is 70.2 cm³/mol. The van der Waals surface area contributed by atoms with Crippen LogP contribution in [0.25, 0.3) is 0 Å². The third kappa shape index (κ3) is 2.93. The third-order valence-electron chi connectivity index (χ3n) is 3.52. The van der Waals surface area contributed by atoms with Gasteiger partial charge in [0.1, 0.15) is 0 Å². The number of aliphatic carboxylic acids is 1. The van der Waals surface area contributed by atoms with Crippen molar-refractivity contribution in [1.82, 2.24) is 0 Å². The standard InChI is InChI=1S/C13H14N2O5/c16-12(10-2-1-3-11(10)13(17)18)14-8-4-6-9(7-5-8)15(19)20/h4-7,10-11H,1-3H2,(H,14,16)(H,17,18). The highest BCUT2D eigenvalue weighted by Gasteiger charge is 2.37. The van der Waals surface area contributed by atoms with E-state index in [0.717, 1.165) is 6.42 Å². The van der Waals surface area contributed by atoms with E-state index in [-0.39, 0.29) is 11.6 Å². The monoisotopic (exact) mass is 278 g/mol. The van der Waals surface area contributed by atoms with Crippen LogP contribution >= 0.6 is 0 Å². The molecule has 1 aromatic carbocycles. The minimum atomic E-state index is -0.952. The molecule has 1 fully saturated rings. The van der Waals surface area contributed by atoms with Gasteiger partial charge in [-0.05, 0) is 25.0 Å². The molecule has 7 nitrogen and oxygen atoms in total. The number of hydrogen-bond donors (Lipinski definition) is 2. The van der Waals surface area contributed by atoms with Crippen molar-refractivity contribution in [3.63, 3.8) is 0 Å². The quantitative estimate of drug-likeness (QED) is 0.646. The van der Waals surface area contributed by atoms with Crippen LogP contribution in [0, 0.1) is 22.0 Å². The number of amides is 1. The first-order valence-corrected chi connectivity index (χ1v) is 6.27. The minimum absolute atomic E-state index is 0.0627. The van der Waals surface area contributed by atoms with Gasteiger partial charge in [0.2, 0.25) is 5.91 Å². The Labute approximate surface area is 114 Å². The van der Waals surface area contributed by atoms with Gasteiger partial charge in [-0.2, -0.15) is 0 Å². The molecule has 0 aromatic heterocycles. The topological polar surface area (TPSA) is 110 Å². The number of rotatable bonds is 4. The Morgan fingerprint density at radius 1 is 1.20 bits per heavy atom. The molecular weight excluding hydrogens is 264 g/mol. The number of non-ortho nitro benzene ring substituents is 1. The van der Waals surface area contributed by atoms with Crippen LogP contribution in [0.1, 0.15) is 19.3 Å². The number of carbonyl (C=O) groups is 2. The van der Waals surface area contributed by atoms with Gasteiger partial charge in [-0.1, -0.05) is 6.42 Å². The zero-order valence-corrected chi connectivity index (χ0v) is 10.6. The second-order valence-corrected chi connectivity index (χ2v) is 4.78. The highest BCUT2D eigenvalue weighted by Crippen LogP contribution is 2.33. The maximum atomic E-state index is 12.0. The third-order valence-corrected chi connectivity index (χ3v) is 3.52. The highest BCUT2D eigenvalue weighted by molar-refractivity contribution is 5.95. The molecule has 1 aliphatic carbocycles. The minimum Gasteiger partial charge on any atom is -0.481 e.